The molecule has 0 N–H and O–H groups in total. The second-order valence-electron chi connectivity index (χ2n) is 4.84. The second-order valence-corrected chi connectivity index (χ2v) is 5.69. The molecule has 0 amide bonds. The van der Waals surface area contributed by atoms with Crippen LogP contribution in [0.2, 0.25) is 0 Å². The summed E-state index contributed by atoms with van der Waals surface area (Å²) in [5.41, 5.74) is 2.40. The number of rotatable bonds is 1. The minimum absolute atomic E-state index is 0.0357. The van der Waals surface area contributed by atoms with Gasteiger partial charge in [-0.05, 0) is 23.1 Å². The molecule has 0 aliphatic heterocycles. The Bertz CT molecular complexity index is 528. The van der Waals surface area contributed by atoms with Crippen LogP contribution in [-0.4, -0.2) is 3.96 Å². The fraction of sp³-hybridized carbons (Fsp3) is 0.308. The fourth-order valence-electron chi connectivity index (χ4n) is 1.55. The first-order chi connectivity index (χ1) is 7.48. The van der Waals surface area contributed by atoms with Crippen LogP contribution in [-0.2, 0) is 5.41 Å². The number of hydrogen-bond acceptors (Lipinski definition) is 2. The minimum atomic E-state index is 0.0357. The van der Waals surface area contributed by atoms with Crippen LogP contribution >= 0.6 is 11.5 Å². The molecule has 16 heavy (non-hydrogen) atoms. The summed E-state index contributed by atoms with van der Waals surface area (Å²) in [6.45, 7) is 6.54. The van der Waals surface area contributed by atoms with Crippen molar-refractivity contribution < 1.29 is 0 Å². The largest absolute Gasteiger partial charge is 0.268 e. The molecule has 2 nitrogen and oxygen atoms in total. The van der Waals surface area contributed by atoms with Crippen LogP contribution in [0.3, 0.4) is 0 Å². The first kappa shape index (κ1) is 11.1. The Morgan fingerprint density at radius 1 is 1.06 bits per heavy atom. The quantitative estimate of drug-likeness (QED) is 0.741. The number of benzene rings is 1. The summed E-state index contributed by atoms with van der Waals surface area (Å²) in [5.74, 6) is 0. The SMILES string of the molecule is CC(C)(C)c1ccc(-n2sccc2=O)cc1. The Morgan fingerprint density at radius 2 is 1.69 bits per heavy atom. The van der Waals surface area contributed by atoms with E-state index >= 15 is 0 Å². The van der Waals surface area contributed by atoms with Crippen LogP contribution in [0, 0.1) is 0 Å². The maximum atomic E-state index is 11.5. The van der Waals surface area contributed by atoms with Gasteiger partial charge in [0.2, 0.25) is 0 Å². The van der Waals surface area contributed by atoms with E-state index in [0.29, 0.717) is 0 Å². The standard InChI is InChI=1S/C13H15NOS/c1-13(2,3)10-4-6-11(7-5-10)14-12(15)8-9-16-14/h4-9H,1-3H3. The maximum Gasteiger partial charge on any atom is 0.265 e. The monoisotopic (exact) mass is 233 g/mol. The highest BCUT2D eigenvalue weighted by atomic mass is 32.1. The van der Waals surface area contributed by atoms with Gasteiger partial charge < -0.3 is 0 Å². The maximum absolute atomic E-state index is 11.5. The summed E-state index contributed by atoms with van der Waals surface area (Å²) in [4.78, 5) is 11.5. The first-order valence-corrected chi connectivity index (χ1v) is 6.10. The Kier molecular flexibility index (Phi) is 2.72. The molecule has 0 radical (unpaired) electrons. The molecule has 1 heterocycles. The molecule has 0 atom stereocenters. The van der Waals surface area contributed by atoms with E-state index in [1.54, 1.807) is 15.4 Å². The van der Waals surface area contributed by atoms with E-state index in [2.05, 4.69) is 32.9 Å². The van der Waals surface area contributed by atoms with Gasteiger partial charge in [-0.15, -0.1) is 0 Å². The van der Waals surface area contributed by atoms with Crippen LogP contribution in [0.25, 0.3) is 5.69 Å². The molecule has 1 aromatic carbocycles. The zero-order valence-corrected chi connectivity index (χ0v) is 10.5. The molecule has 1 aromatic heterocycles. The molecule has 0 spiro atoms. The van der Waals surface area contributed by atoms with Gasteiger partial charge in [-0.3, -0.25) is 4.79 Å². The van der Waals surface area contributed by atoms with Crippen LogP contribution in [0.15, 0.2) is 40.5 Å². The van der Waals surface area contributed by atoms with Gasteiger partial charge >= 0.3 is 0 Å². The highest BCUT2D eigenvalue weighted by molar-refractivity contribution is 7.04. The lowest BCUT2D eigenvalue weighted by Crippen LogP contribution is -2.12. The van der Waals surface area contributed by atoms with Crippen LogP contribution in [0.4, 0.5) is 0 Å². The highest BCUT2D eigenvalue weighted by Gasteiger charge is 2.13. The molecule has 0 bridgehead atoms. The molecule has 3 heteroatoms. The number of aromatic nitrogens is 1. The third-order valence-corrected chi connectivity index (χ3v) is 3.40. The number of hydrogen-bond donors (Lipinski definition) is 0. The van der Waals surface area contributed by atoms with E-state index in [1.807, 2.05) is 12.1 Å². The van der Waals surface area contributed by atoms with Crippen LogP contribution in [0.5, 0.6) is 0 Å². The van der Waals surface area contributed by atoms with E-state index in [1.165, 1.54) is 17.1 Å². The summed E-state index contributed by atoms with van der Waals surface area (Å²) in [5, 5.41) is 1.81. The van der Waals surface area contributed by atoms with Crippen molar-refractivity contribution in [3.8, 4) is 5.69 Å². The summed E-state index contributed by atoms with van der Waals surface area (Å²) < 4.78 is 1.69. The molecular weight excluding hydrogens is 218 g/mol. The van der Waals surface area contributed by atoms with Crippen molar-refractivity contribution in [1.82, 2.24) is 3.96 Å². The minimum Gasteiger partial charge on any atom is -0.268 e. The average molecular weight is 233 g/mol. The van der Waals surface area contributed by atoms with Crippen LogP contribution < -0.4 is 5.56 Å². The van der Waals surface area contributed by atoms with Gasteiger partial charge in [0, 0.05) is 11.4 Å². The smallest absolute Gasteiger partial charge is 0.265 e. The van der Waals surface area contributed by atoms with Gasteiger partial charge in [0.25, 0.3) is 5.56 Å². The lowest BCUT2D eigenvalue weighted by Gasteiger charge is -2.19. The van der Waals surface area contributed by atoms with E-state index < -0.39 is 0 Å². The topological polar surface area (TPSA) is 22.0 Å². The molecule has 2 rings (SSSR count). The van der Waals surface area contributed by atoms with Gasteiger partial charge in [-0.1, -0.05) is 44.4 Å². The zero-order chi connectivity index (χ0) is 11.8. The van der Waals surface area contributed by atoms with Crippen molar-refractivity contribution in [2.24, 2.45) is 0 Å². The van der Waals surface area contributed by atoms with E-state index in [-0.39, 0.29) is 11.0 Å². The van der Waals surface area contributed by atoms with Gasteiger partial charge in [-0.25, -0.2) is 3.96 Å². The molecule has 0 aliphatic carbocycles. The van der Waals surface area contributed by atoms with Crippen molar-refractivity contribution in [3.05, 3.63) is 51.6 Å². The second kappa shape index (κ2) is 3.91. The van der Waals surface area contributed by atoms with E-state index in [0.717, 1.165) is 5.69 Å². The zero-order valence-electron chi connectivity index (χ0n) is 9.73. The van der Waals surface area contributed by atoms with Gasteiger partial charge in [0.05, 0.1) is 5.69 Å². The molecule has 0 saturated carbocycles. The molecular formula is C13H15NOS. The van der Waals surface area contributed by atoms with E-state index in [9.17, 15) is 4.79 Å². The molecule has 0 saturated heterocycles. The lowest BCUT2D eigenvalue weighted by atomic mass is 9.87. The Hall–Kier alpha value is -1.35. The van der Waals surface area contributed by atoms with Crippen molar-refractivity contribution in [3.63, 3.8) is 0 Å². The van der Waals surface area contributed by atoms with Crippen molar-refractivity contribution in [2.75, 3.05) is 0 Å². The Balaban J connectivity index is 2.41. The van der Waals surface area contributed by atoms with Gasteiger partial charge in [0.15, 0.2) is 0 Å². The summed E-state index contributed by atoms with van der Waals surface area (Å²) in [6, 6.07) is 9.75. The third-order valence-electron chi connectivity index (χ3n) is 2.54. The number of nitrogens with zero attached hydrogens (tertiary/aromatic N) is 1. The molecule has 0 fully saturated rings. The van der Waals surface area contributed by atoms with Crippen molar-refractivity contribution in [1.29, 1.82) is 0 Å². The Morgan fingerprint density at radius 3 is 2.12 bits per heavy atom. The third kappa shape index (κ3) is 2.09. The summed E-state index contributed by atoms with van der Waals surface area (Å²) >= 11 is 1.42. The first-order valence-electron chi connectivity index (χ1n) is 5.26. The van der Waals surface area contributed by atoms with Gasteiger partial charge in [0.1, 0.15) is 0 Å². The highest BCUT2D eigenvalue weighted by Crippen LogP contribution is 2.23. The molecule has 0 aliphatic rings. The Labute approximate surface area is 99.3 Å². The van der Waals surface area contributed by atoms with Crippen LogP contribution in [0.1, 0.15) is 26.3 Å². The molecule has 2 aromatic rings. The molecule has 84 valence electrons. The predicted octanol–water partition coefficient (Wildman–Crippen LogP) is 3.20. The van der Waals surface area contributed by atoms with E-state index in [4.69, 9.17) is 0 Å². The van der Waals surface area contributed by atoms with Crippen molar-refractivity contribution >= 4 is 11.5 Å². The molecule has 0 unspecified atom stereocenters. The predicted molar refractivity (Wildman–Crippen MR) is 68.6 cm³/mol. The summed E-state index contributed by atoms with van der Waals surface area (Å²) in [7, 11) is 0. The summed E-state index contributed by atoms with van der Waals surface area (Å²) in [6.07, 6.45) is 0. The average Bonchev–Trinajstić information content (AvgIpc) is 2.63. The lowest BCUT2D eigenvalue weighted by molar-refractivity contribution is 0.590. The fourth-order valence-corrected chi connectivity index (χ4v) is 2.26. The normalized spacial score (nSPS) is 11.7. The van der Waals surface area contributed by atoms with Gasteiger partial charge in [-0.2, -0.15) is 0 Å². The van der Waals surface area contributed by atoms with Crippen molar-refractivity contribution in [2.45, 2.75) is 26.2 Å².